The molecule has 5 aromatic rings. The van der Waals surface area contributed by atoms with E-state index in [1.54, 1.807) is 11.3 Å². The van der Waals surface area contributed by atoms with Gasteiger partial charge < -0.3 is 9.13 Å². The van der Waals surface area contributed by atoms with Gasteiger partial charge in [0.15, 0.2) is 0 Å². The van der Waals surface area contributed by atoms with Gasteiger partial charge in [-0.2, -0.15) is 0 Å². The normalized spacial score (nSPS) is 11.5. The number of benzene rings is 3. The van der Waals surface area contributed by atoms with Crippen molar-refractivity contribution in [2.75, 3.05) is 0 Å². The number of nitrogens with one attached hydrogen (secondary N) is 1. The molecule has 0 saturated heterocycles. The molecule has 0 spiro atoms. The molecule has 0 aliphatic rings. The minimum absolute atomic E-state index is 0.517. The van der Waals surface area contributed by atoms with Gasteiger partial charge in [0.2, 0.25) is 5.62 Å². The summed E-state index contributed by atoms with van der Waals surface area (Å²) in [5.41, 5.74) is 6.25. The van der Waals surface area contributed by atoms with E-state index in [2.05, 4.69) is 74.5 Å². The molecule has 150 valence electrons. The van der Waals surface area contributed by atoms with E-state index in [9.17, 15) is 0 Å². The molecular weight excluding hydrogens is 456 g/mol. The quantitative estimate of drug-likeness (QED) is 0.337. The predicted octanol–water partition coefficient (Wildman–Crippen LogP) is 5.89. The monoisotopic (exact) mass is 476 g/mol. The van der Waals surface area contributed by atoms with E-state index in [4.69, 9.17) is 10.4 Å². The molecule has 1 N–H and O–H groups in total. The highest BCUT2D eigenvalue weighted by Gasteiger charge is 2.13. The Hall–Kier alpha value is -2.70. The highest BCUT2D eigenvalue weighted by atomic mass is 79.9. The first kappa shape index (κ1) is 19.3. The van der Waals surface area contributed by atoms with Gasteiger partial charge in [-0.05, 0) is 49.2 Å². The number of rotatable bonds is 5. The Morgan fingerprint density at radius 2 is 1.70 bits per heavy atom. The summed E-state index contributed by atoms with van der Waals surface area (Å²) >= 11 is 5.22. The fourth-order valence-electron chi connectivity index (χ4n) is 3.83. The Morgan fingerprint density at radius 1 is 0.967 bits per heavy atom. The molecule has 5 rings (SSSR count). The number of hydrogen-bond donors (Lipinski definition) is 1. The lowest BCUT2D eigenvalue weighted by Gasteiger charge is -2.05. The van der Waals surface area contributed by atoms with Crippen molar-refractivity contribution in [2.24, 2.45) is 0 Å². The number of aryl methyl sites for hydroxylation is 3. The van der Waals surface area contributed by atoms with Gasteiger partial charge in [0.1, 0.15) is 5.01 Å². The summed E-state index contributed by atoms with van der Waals surface area (Å²) in [5, 5.41) is 9.90. The minimum atomic E-state index is 0.517. The summed E-state index contributed by atoms with van der Waals surface area (Å²) in [6, 6.07) is 23.1. The van der Waals surface area contributed by atoms with Crippen molar-refractivity contribution in [1.82, 2.24) is 14.1 Å². The van der Waals surface area contributed by atoms with Crippen molar-refractivity contribution in [3.8, 4) is 0 Å². The lowest BCUT2D eigenvalue weighted by molar-refractivity contribution is 0.620. The predicted molar refractivity (Wildman–Crippen MR) is 127 cm³/mol. The Kier molecular flexibility index (Phi) is 5.05. The van der Waals surface area contributed by atoms with Crippen LogP contribution in [-0.2, 0) is 19.5 Å². The fourth-order valence-corrected chi connectivity index (χ4v) is 5.11. The van der Waals surface area contributed by atoms with Crippen LogP contribution in [0.15, 0.2) is 71.2 Å². The average molecular weight is 477 g/mol. The summed E-state index contributed by atoms with van der Waals surface area (Å²) in [5.74, 6) is 0. The number of halogens is 1. The number of nitrogens with zero attached hydrogens (tertiary/aromatic N) is 3. The van der Waals surface area contributed by atoms with Gasteiger partial charge in [-0.3, -0.25) is 5.41 Å². The van der Waals surface area contributed by atoms with Crippen molar-refractivity contribution in [1.29, 1.82) is 5.41 Å². The van der Waals surface area contributed by atoms with Gasteiger partial charge in [-0.15, -0.1) is 11.3 Å². The summed E-state index contributed by atoms with van der Waals surface area (Å²) in [4.78, 5) is 4.80. The maximum Gasteiger partial charge on any atom is 0.203 e. The zero-order valence-corrected chi connectivity index (χ0v) is 19.0. The number of hydrogen-bond acceptors (Lipinski definition) is 3. The largest absolute Gasteiger partial charge is 0.310 e. The maximum absolute atomic E-state index is 8.89. The van der Waals surface area contributed by atoms with Crippen LogP contribution in [0.3, 0.4) is 0 Å². The Balaban J connectivity index is 1.51. The van der Waals surface area contributed by atoms with Crippen molar-refractivity contribution in [2.45, 2.75) is 26.4 Å². The van der Waals surface area contributed by atoms with E-state index in [1.807, 2.05) is 24.3 Å². The molecule has 0 aliphatic heterocycles. The average Bonchev–Trinajstić information content (AvgIpc) is 3.26. The first-order valence-electron chi connectivity index (χ1n) is 9.92. The topological polar surface area (TPSA) is 46.6 Å². The third-order valence-corrected chi connectivity index (χ3v) is 6.92. The van der Waals surface area contributed by atoms with E-state index in [1.165, 1.54) is 15.8 Å². The molecule has 0 aliphatic carbocycles. The third kappa shape index (κ3) is 3.61. The Morgan fingerprint density at radius 3 is 2.47 bits per heavy atom. The summed E-state index contributed by atoms with van der Waals surface area (Å²) in [6.45, 7) is 3.49. The van der Waals surface area contributed by atoms with Crippen LogP contribution in [0.25, 0.3) is 21.3 Å². The fraction of sp³-hybridized carbons (Fsp3) is 0.167. The number of thiazole rings is 1. The lowest BCUT2D eigenvalue weighted by Crippen LogP contribution is -2.25. The molecule has 0 amide bonds. The van der Waals surface area contributed by atoms with E-state index in [0.717, 1.165) is 39.0 Å². The highest BCUT2D eigenvalue weighted by Crippen LogP contribution is 2.26. The summed E-state index contributed by atoms with van der Waals surface area (Å²) < 4.78 is 6.38. The van der Waals surface area contributed by atoms with Crippen LogP contribution in [0.4, 0.5) is 0 Å². The van der Waals surface area contributed by atoms with Crippen molar-refractivity contribution < 1.29 is 0 Å². The van der Waals surface area contributed by atoms with Crippen molar-refractivity contribution >= 4 is 48.5 Å². The van der Waals surface area contributed by atoms with Crippen molar-refractivity contribution in [3.63, 3.8) is 0 Å². The molecule has 2 aromatic heterocycles. The number of para-hydroxylation sites is 2. The standard InChI is InChI=1S/C24H21BrN4S/c1-16-6-8-17(9-7-16)12-13-28-20-4-2-3-5-21(20)29(24(28)26)15-23-27-19-14-18(25)10-11-22(19)30-23/h2-11,14,26H,12-13,15H2,1H3. The Bertz CT molecular complexity index is 1410. The SMILES string of the molecule is Cc1ccc(CCn2c(=N)n(Cc3nc4cc(Br)ccc4s3)c3ccccc32)cc1. The second-order valence-corrected chi connectivity index (χ2v) is 9.54. The molecule has 2 heterocycles. The number of imidazole rings is 1. The second kappa shape index (κ2) is 7.85. The van der Waals surface area contributed by atoms with E-state index in [-0.39, 0.29) is 0 Å². The molecule has 0 bridgehead atoms. The van der Waals surface area contributed by atoms with E-state index >= 15 is 0 Å². The molecule has 0 atom stereocenters. The smallest absolute Gasteiger partial charge is 0.203 e. The molecule has 3 aromatic carbocycles. The molecule has 30 heavy (non-hydrogen) atoms. The van der Waals surface area contributed by atoms with E-state index < -0.39 is 0 Å². The van der Waals surface area contributed by atoms with Crippen LogP contribution < -0.4 is 5.62 Å². The molecule has 0 radical (unpaired) electrons. The van der Waals surface area contributed by atoms with Crippen LogP contribution in [0.1, 0.15) is 16.1 Å². The van der Waals surface area contributed by atoms with Crippen LogP contribution in [0.5, 0.6) is 0 Å². The molecule has 6 heteroatoms. The summed E-state index contributed by atoms with van der Waals surface area (Å²) in [6.07, 6.45) is 0.903. The Labute approximate surface area is 187 Å². The van der Waals surface area contributed by atoms with Crippen LogP contribution >= 0.6 is 27.3 Å². The molecule has 0 saturated carbocycles. The molecular formula is C24H21BrN4S. The minimum Gasteiger partial charge on any atom is -0.310 e. The maximum atomic E-state index is 8.89. The number of fused-ring (bicyclic) bond motifs is 2. The van der Waals surface area contributed by atoms with Gasteiger partial charge >= 0.3 is 0 Å². The zero-order chi connectivity index (χ0) is 20.7. The van der Waals surface area contributed by atoms with Crippen LogP contribution in [0.2, 0.25) is 0 Å². The number of aromatic nitrogens is 3. The third-order valence-electron chi connectivity index (χ3n) is 5.41. The second-order valence-electron chi connectivity index (χ2n) is 7.51. The van der Waals surface area contributed by atoms with Gasteiger partial charge in [-0.25, -0.2) is 4.98 Å². The van der Waals surface area contributed by atoms with Gasteiger partial charge in [0.05, 0.1) is 27.8 Å². The zero-order valence-electron chi connectivity index (χ0n) is 16.6. The molecule has 0 fully saturated rings. The summed E-state index contributed by atoms with van der Waals surface area (Å²) in [7, 11) is 0. The van der Waals surface area contributed by atoms with Crippen molar-refractivity contribution in [3.05, 3.63) is 93.0 Å². The highest BCUT2D eigenvalue weighted by molar-refractivity contribution is 9.10. The molecule has 0 unspecified atom stereocenters. The van der Waals surface area contributed by atoms with Gasteiger partial charge in [-0.1, -0.05) is 57.9 Å². The first-order valence-corrected chi connectivity index (χ1v) is 11.5. The van der Waals surface area contributed by atoms with Crippen LogP contribution in [-0.4, -0.2) is 14.1 Å². The first-order chi connectivity index (χ1) is 14.6. The van der Waals surface area contributed by atoms with Gasteiger partial charge in [0, 0.05) is 11.0 Å². The van der Waals surface area contributed by atoms with Crippen LogP contribution in [0, 0.1) is 12.3 Å². The molecule has 4 nitrogen and oxygen atoms in total. The van der Waals surface area contributed by atoms with Gasteiger partial charge in [0.25, 0.3) is 0 Å². The van der Waals surface area contributed by atoms with E-state index in [0.29, 0.717) is 12.2 Å². The lowest BCUT2D eigenvalue weighted by atomic mass is 10.1.